The van der Waals surface area contributed by atoms with Gasteiger partial charge in [-0.15, -0.1) is 0 Å². The van der Waals surface area contributed by atoms with E-state index in [1.165, 1.54) is 5.56 Å². The summed E-state index contributed by atoms with van der Waals surface area (Å²) in [5, 5.41) is 3.12. The molecule has 1 saturated heterocycles. The highest BCUT2D eigenvalue weighted by Crippen LogP contribution is 2.26. The minimum absolute atomic E-state index is 0.0994. The van der Waals surface area contributed by atoms with Gasteiger partial charge in [0.25, 0.3) is 0 Å². The molecule has 5 heteroatoms. The van der Waals surface area contributed by atoms with Gasteiger partial charge in [0.1, 0.15) is 0 Å². The predicted octanol–water partition coefficient (Wildman–Crippen LogP) is 2.53. The number of rotatable bonds is 5. The van der Waals surface area contributed by atoms with Crippen LogP contribution in [0.15, 0.2) is 23.1 Å². The maximum Gasteiger partial charge on any atom is 0.243 e. The van der Waals surface area contributed by atoms with Crippen LogP contribution in [0.5, 0.6) is 0 Å². The maximum absolute atomic E-state index is 12.9. The quantitative estimate of drug-likeness (QED) is 0.909. The van der Waals surface area contributed by atoms with Crippen LogP contribution in [0, 0.1) is 0 Å². The fourth-order valence-electron chi connectivity index (χ4n) is 3.03. The minimum atomic E-state index is -3.37. The van der Waals surface area contributed by atoms with E-state index in [2.05, 4.69) is 12.2 Å². The molecule has 0 saturated carbocycles. The molecule has 0 bridgehead atoms. The minimum Gasteiger partial charge on any atom is -0.316 e. The predicted molar refractivity (Wildman–Crippen MR) is 85.8 cm³/mol. The molecule has 1 atom stereocenters. The second-order valence-electron chi connectivity index (χ2n) is 5.77. The van der Waals surface area contributed by atoms with Crippen molar-refractivity contribution in [1.82, 2.24) is 9.62 Å². The molecule has 0 radical (unpaired) electrons. The summed E-state index contributed by atoms with van der Waals surface area (Å²) in [4.78, 5) is 0.429. The molecule has 0 amide bonds. The summed E-state index contributed by atoms with van der Waals surface area (Å²) < 4.78 is 27.4. The summed E-state index contributed by atoms with van der Waals surface area (Å²) in [5.74, 6) is 0. The second kappa shape index (κ2) is 6.90. The first kappa shape index (κ1) is 16.5. The van der Waals surface area contributed by atoms with Crippen molar-refractivity contribution in [2.24, 2.45) is 0 Å². The largest absolute Gasteiger partial charge is 0.316 e. The van der Waals surface area contributed by atoms with E-state index < -0.39 is 10.0 Å². The van der Waals surface area contributed by atoms with Crippen LogP contribution in [0.4, 0.5) is 0 Å². The number of hydrogen-bond acceptors (Lipinski definition) is 3. The second-order valence-corrected chi connectivity index (χ2v) is 7.67. The Labute approximate surface area is 128 Å². The third-order valence-electron chi connectivity index (χ3n) is 4.27. The molecule has 2 rings (SSSR count). The van der Waals surface area contributed by atoms with Crippen LogP contribution in [-0.4, -0.2) is 32.4 Å². The SMILES string of the molecule is CCc1ccc(S(=O)(=O)N2CCCCC2C)cc1CNC. The molecule has 4 nitrogen and oxygen atoms in total. The van der Waals surface area contributed by atoms with E-state index in [0.29, 0.717) is 18.0 Å². The lowest BCUT2D eigenvalue weighted by Gasteiger charge is -2.32. The average molecular weight is 310 g/mol. The average Bonchev–Trinajstić information content (AvgIpc) is 2.47. The molecule has 1 aromatic carbocycles. The van der Waals surface area contributed by atoms with E-state index in [-0.39, 0.29) is 6.04 Å². The van der Waals surface area contributed by atoms with Crippen molar-refractivity contribution >= 4 is 10.0 Å². The van der Waals surface area contributed by atoms with Gasteiger partial charge in [0.15, 0.2) is 0 Å². The highest BCUT2D eigenvalue weighted by atomic mass is 32.2. The highest BCUT2D eigenvalue weighted by Gasteiger charge is 2.31. The van der Waals surface area contributed by atoms with E-state index >= 15 is 0 Å². The number of benzene rings is 1. The number of sulfonamides is 1. The van der Waals surface area contributed by atoms with Crippen LogP contribution in [0.3, 0.4) is 0 Å². The number of nitrogens with zero attached hydrogens (tertiary/aromatic N) is 1. The van der Waals surface area contributed by atoms with Crippen LogP contribution in [-0.2, 0) is 23.0 Å². The van der Waals surface area contributed by atoms with E-state index in [4.69, 9.17) is 0 Å². The Kier molecular flexibility index (Phi) is 5.41. The van der Waals surface area contributed by atoms with E-state index in [1.807, 2.05) is 26.1 Å². The summed E-state index contributed by atoms with van der Waals surface area (Å²) in [5.41, 5.74) is 2.28. The standard InChI is InChI=1S/C16H26N2O2S/c1-4-14-8-9-16(11-15(14)12-17-3)21(19,20)18-10-6-5-7-13(18)2/h8-9,11,13,17H,4-7,10,12H2,1-3H3. The molecule has 0 spiro atoms. The van der Waals surface area contributed by atoms with Gasteiger partial charge in [-0.05, 0) is 56.5 Å². The van der Waals surface area contributed by atoms with Gasteiger partial charge < -0.3 is 5.32 Å². The fourth-order valence-corrected chi connectivity index (χ4v) is 4.78. The molecular weight excluding hydrogens is 284 g/mol. The monoisotopic (exact) mass is 310 g/mol. The Balaban J connectivity index is 2.37. The molecule has 1 unspecified atom stereocenters. The van der Waals surface area contributed by atoms with Gasteiger partial charge in [0.05, 0.1) is 4.90 Å². The molecular formula is C16H26N2O2S. The zero-order chi connectivity index (χ0) is 15.5. The first-order chi connectivity index (χ1) is 10.0. The smallest absolute Gasteiger partial charge is 0.243 e. The number of aryl methyl sites for hydroxylation is 1. The zero-order valence-corrected chi connectivity index (χ0v) is 14.0. The molecule has 0 aromatic heterocycles. The molecule has 21 heavy (non-hydrogen) atoms. The van der Waals surface area contributed by atoms with Crippen molar-refractivity contribution in [3.05, 3.63) is 29.3 Å². The Morgan fingerprint density at radius 1 is 1.29 bits per heavy atom. The van der Waals surface area contributed by atoms with Crippen molar-refractivity contribution < 1.29 is 8.42 Å². The summed E-state index contributed by atoms with van der Waals surface area (Å²) in [6.07, 6.45) is 3.94. The molecule has 1 aromatic rings. The third kappa shape index (κ3) is 3.47. The maximum atomic E-state index is 12.9. The summed E-state index contributed by atoms with van der Waals surface area (Å²) in [6, 6.07) is 5.65. The lowest BCUT2D eigenvalue weighted by atomic mass is 10.1. The van der Waals surface area contributed by atoms with Crippen molar-refractivity contribution in [1.29, 1.82) is 0 Å². The Hall–Kier alpha value is -0.910. The number of nitrogens with one attached hydrogen (secondary N) is 1. The molecule has 1 fully saturated rings. The topological polar surface area (TPSA) is 49.4 Å². The lowest BCUT2D eigenvalue weighted by molar-refractivity contribution is 0.268. The Morgan fingerprint density at radius 2 is 2.05 bits per heavy atom. The van der Waals surface area contributed by atoms with Crippen molar-refractivity contribution in [3.63, 3.8) is 0 Å². The summed E-state index contributed by atoms with van der Waals surface area (Å²) in [6.45, 7) is 5.43. The van der Waals surface area contributed by atoms with Crippen molar-refractivity contribution in [3.8, 4) is 0 Å². The first-order valence-corrected chi connectivity index (χ1v) is 9.23. The Bertz CT molecular complexity index is 584. The normalized spacial score (nSPS) is 20.6. The molecule has 0 aliphatic carbocycles. The van der Waals surface area contributed by atoms with Crippen molar-refractivity contribution in [2.45, 2.75) is 57.0 Å². The van der Waals surface area contributed by atoms with Crippen LogP contribution in [0.25, 0.3) is 0 Å². The van der Waals surface area contributed by atoms with Gasteiger partial charge in [-0.3, -0.25) is 0 Å². The van der Waals surface area contributed by atoms with E-state index in [0.717, 1.165) is 31.2 Å². The van der Waals surface area contributed by atoms with E-state index in [1.54, 1.807) is 10.4 Å². The molecule has 1 aliphatic rings. The van der Waals surface area contributed by atoms with Gasteiger partial charge in [0, 0.05) is 19.1 Å². The zero-order valence-electron chi connectivity index (χ0n) is 13.2. The molecule has 1 aliphatic heterocycles. The van der Waals surface area contributed by atoms with Crippen LogP contribution >= 0.6 is 0 Å². The first-order valence-electron chi connectivity index (χ1n) is 7.79. The van der Waals surface area contributed by atoms with E-state index in [9.17, 15) is 8.42 Å². The number of piperidine rings is 1. The highest BCUT2D eigenvalue weighted by molar-refractivity contribution is 7.89. The van der Waals surface area contributed by atoms with Gasteiger partial charge in [-0.1, -0.05) is 19.4 Å². The summed E-state index contributed by atoms with van der Waals surface area (Å²) in [7, 11) is -1.49. The van der Waals surface area contributed by atoms with Crippen LogP contribution in [0.1, 0.15) is 44.2 Å². The van der Waals surface area contributed by atoms with Crippen molar-refractivity contribution in [2.75, 3.05) is 13.6 Å². The Morgan fingerprint density at radius 3 is 2.67 bits per heavy atom. The van der Waals surface area contributed by atoms with Gasteiger partial charge >= 0.3 is 0 Å². The van der Waals surface area contributed by atoms with Crippen LogP contribution in [0.2, 0.25) is 0 Å². The molecule has 1 heterocycles. The number of hydrogen-bond donors (Lipinski definition) is 1. The fraction of sp³-hybridized carbons (Fsp3) is 0.625. The van der Waals surface area contributed by atoms with Gasteiger partial charge in [-0.2, -0.15) is 4.31 Å². The molecule has 118 valence electrons. The van der Waals surface area contributed by atoms with Gasteiger partial charge in [-0.25, -0.2) is 8.42 Å². The van der Waals surface area contributed by atoms with Crippen LogP contribution < -0.4 is 5.32 Å². The molecule has 1 N–H and O–H groups in total. The van der Waals surface area contributed by atoms with Gasteiger partial charge in [0.2, 0.25) is 10.0 Å². The summed E-state index contributed by atoms with van der Waals surface area (Å²) >= 11 is 0. The lowest BCUT2D eigenvalue weighted by Crippen LogP contribution is -2.41. The third-order valence-corrected chi connectivity index (χ3v) is 6.28.